The van der Waals surface area contributed by atoms with E-state index in [1.807, 2.05) is 24.3 Å². The Balaban J connectivity index is 1.31. The number of rotatable bonds is 8. The number of fused-ring (bicyclic) bond motifs is 1. The molecule has 1 N–H and O–H groups in total. The molecule has 0 radical (unpaired) electrons. The lowest BCUT2D eigenvalue weighted by Crippen LogP contribution is -2.32. The van der Waals surface area contributed by atoms with Crippen molar-refractivity contribution in [3.8, 4) is 5.75 Å². The van der Waals surface area contributed by atoms with Gasteiger partial charge in [0.25, 0.3) is 5.91 Å². The number of hydrogen-bond acceptors (Lipinski definition) is 5. The minimum atomic E-state index is -0.195. The van der Waals surface area contributed by atoms with Gasteiger partial charge in [0.1, 0.15) is 5.75 Å². The summed E-state index contributed by atoms with van der Waals surface area (Å²) in [5.41, 5.74) is 3.50. The molecule has 0 spiro atoms. The molecule has 0 saturated carbocycles. The largest absolute Gasteiger partial charge is 0.484 e. The van der Waals surface area contributed by atoms with Crippen molar-refractivity contribution >= 4 is 32.6 Å². The number of anilines is 1. The van der Waals surface area contributed by atoms with Gasteiger partial charge >= 0.3 is 0 Å². The second-order valence-corrected chi connectivity index (χ2v) is 9.54. The van der Waals surface area contributed by atoms with Gasteiger partial charge in [-0.05, 0) is 73.7 Å². The zero-order valence-electron chi connectivity index (χ0n) is 18.4. The number of ether oxygens (including phenoxy) is 1. The minimum Gasteiger partial charge on any atom is -0.484 e. The Morgan fingerprint density at radius 2 is 1.90 bits per heavy atom. The lowest BCUT2D eigenvalue weighted by Gasteiger charge is -2.30. The lowest BCUT2D eigenvalue weighted by molar-refractivity contribution is -0.118. The number of nitrogens with zero attached hydrogens (tertiary/aromatic N) is 2. The first kappa shape index (κ1) is 21.8. The van der Waals surface area contributed by atoms with Crippen LogP contribution in [0.1, 0.15) is 44.2 Å². The van der Waals surface area contributed by atoms with Crippen LogP contribution >= 0.6 is 11.3 Å². The summed E-state index contributed by atoms with van der Waals surface area (Å²) in [7, 11) is 0. The Hall–Kier alpha value is -2.44. The monoisotopic (exact) mass is 437 g/mol. The van der Waals surface area contributed by atoms with Crippen LogP contribution in [0.3, 0.4) is 0 Å². The molecular weight excluding hydrogens is 406 g/mol. The van der Waals surface area contributed by atoms with Crippen LogP contribution in [0.15, 0.2) is 42.5 Å². The van der Waals surface area contributed by atoms with Gasteiger partial charge < -0.3 is 4.74 Å². The fourth-order valence-corrected chi connectivity index (χ4v) is 4.89. The number of nitrogens with one attached hydrogen (secondary N) is 1. The van der Waals surface area contributed by atoms with Gasteiger partial charge in [0, 0.05) is 6.54 Å². The van der Waals surface area contributed by atoms with E-state index in [0.717, 1.165) is 35.5 Å². The van der Waals surface area contributed by atoms with Crippen LogP contribution in [0.5, 0.6) is 5.75 Å². The van der Waals surface area contributed by atoms with Crippen molar-refractivity contribution in [2.45, 2.75) is 46.1 Å². The Morgan fingerprint density at radius 3 is 2.65 bits per heavy atom. The van der Waals surface area contributed by atoms with Crippen molar-refractivity contribution in [3.05, 3.63) is 53.6 Å². The Morgan fingerprint density at radius 1 is 1.16 bits per heavy atom. The topological polar surface area (TPSA) is 54.5 Å². The molecule has 2 aromatic carbocycles. The molecule has 6 heteroatoms. The zero-order chi connectivity index (χ0) is 21.6. The van der Waals surface area contributed by atoms with E-state index in [0.29, 0.717) is 10.9 Å². The van der Waals surface area contributed by atoms with Crippen LogP contribution in [-0.4, -0.2) is 35.5 Å². The third kappa shape index (κ3) is 6.05. The molecule has 1 aliphatic rings. The highest BCUT2D eigenvalue weighted by molar-refractivity contribution is 7.22. The van der Waals surface area contributed by atoms with E-state index in [4.69, 9.17) is 4.74 Å². The maximum Gasteiger partial charge on any atom is 0.264 e. The van der Waals surface area contributed by atoms with E-state index >= 15 is 0 Å². The van der Waals surface area contributed by atoms with Gasteiger partial charge in [-0.15, -0.1) is 0 Å². The predicted molar refractivity (Wildman–Crippen MR) is 128 cm³/mol. The van der Waals surface area contributed by atoms with Gasteiger partial charge in [-0.2, -0.15) is 0 Å². The van der Waals surface area contributed by atoms with Crippen molar-refractivity contribution in [1.82, 2.24) is 9.88 Å². The predicted octanol–water partition coefficient (Wildman–Crippen LogP) is 5.50. The fraction of sp³-hybridized carbons (Fsp3) is 0.440. The van der Waals surface area contributed by atoms with Gasteiger partial charge in [0.2, 0.25) is 0 Å². The number of benzene rings is 2. The van der Waals surface area contributed by atoms with E-state index in [1.54, 1.807) is 0 Å². The van der Waals surface area contributed by atoms with Crippen LogP contribution in [-0.2, 0) is 17.8 Å². The summed E-state index contributed by atoms with van der Waals surface area (Å²) in [6.45, 7) is 7.79. The number of aryl methyl sites for hydroxylation is 1. The summed E-state index contributed by atoms with van der Waals surface area (Å²) in [6.07, 6.45) is 4.73. The normalized spacial score (nSPS) is 15.3. The Bertz CT molecular complexity index is 1010. The molecule has 0 bridgehead atoms. The van der Waals surface area contributed by atoms with Gasteiger partial charge in [0.05, 0.1) is 10.2 Å². The molecule has 1 aliphatic heterocycles. The smallest absolute Gasteiger partial charge is 0.264 e. The Kier molecular flexibility index (Phi) is 7.20. The van der Waals surface area contributed by atoms with Crippen molar-refractivity contribution in [1.29, 1.82) is 0 Å². The number of likely N-dealkylation sites (tertiary alicyclic amines) is 1. The average molecular weight is 438 g/mol. The number of aromatic nitrogens is 1. The number of thiazole rings is 1. The number of amides is 1. The molecule has 2 heterocycles. The third-order valence-corrected chi connectivity index (χ3v) is 6.75. The van der Waals surface area contributed by atoms with Gasteiger partial charge in [0.15, 0.2) is 11.7 Å². The first-order valence-corrected chi connectivity index (χ1v) is 12.0. The van der Waals surface area contributed by atoms with E-state index in [1.165, 1.54) is 48.4 Å². The van der Waals surface area contributed by atoms with Crippen molar-refractivity contribution < 1.29 is 9.53 Å². The minimum absolute atomic E-state index is 0.0261. The highest BCUT2D eigenvalue weighted by atomic mass is 32.1. The molecule has 1 aromatic heterocycles. The highest BCUT2D eigenvalue weighted by Gasteiger charge is 2.16. The maximum absolute atomic E-state index is 12.3. The molecule has 1 saturated heterocycles. The SMILES string of the molecule is CCCc1ccc(OCC(=O)Nc2nc3ccc(CN4CCC(C)CC4)cc3s2)cc1. The fourth-order valence-electron chi connectivity index (χ4n) is 3.94. The van der Waals surface area contributed by atoms with E-state index in [9.17, 15) is 4.79 Å². The molecular formula is C25H31N3O2S. The first-order chi connectivity index (χ1) is 15.1. The molecule has 0 atom stereocenters. The summed E-state index contributed by atoms with van der Waals surface area (Å²) in [6, 6.07) is 14.3. The standard InChI is InChI=1S/C25H31N3O2S/c1-3-4-19-5-8-21(9-6-19)30-17-24(29)27-25-26-22-10-7-20(15-23(22)31-25)16-28-13-11-18(2)12-14-28/h5-10,15,18H,3-4,11-14,16-17H2,1-2H3,(H,26,27,29). The summed E-state index contributed by atoms with van der Waals surface area (Å²) in [4.78, 5) is 19.4. The highest BCUT2D eigenvalue weighted by Crippen LogP contribution is 2.28. The molecule has 31 heavy (non-hydrogen) atoms. The second-order valence-electron chi connectivity index (χ2n) is 8.51. The number of hydrogen-bond donors (Lipinski definition) is 1. The van der Waals surface area contributed by atoms with Crippen molar-refractivity contribution in [2.24, 2.45) is 5.92 Å². The quantitative estimate of drug-likeness (QED) is 0.506. The summed E-state index contributed by atoms with van der Waals surface area (Å²) in [5, 5.41) is 3.49. The Labute approximate surface area is 188 Å². The van der Waals surface area contributed by atoms with Gasteiger partial charge in [-0.1, -0.05) is 49.8 Å². The van der Waals surface area contributed by atoms with Crippen LogP contribution in [0.25, 0.3) is 10.2 Å². The van der Waals surface area contributed by atoms with Crippen molar-refractivity contribution in [2.75, 3.05) is 25.0 Å². The maximum atomic E-state index is 12.3. The second kappa shape index (κ2) is 10.2. The average Bonchev–Trinajstić information content (AvgIpc) is 3.16. The number of carbonyl (C=O) groups excluding carboxylic acids is 1. The summed E-state index contributed by atoms with van der Waals surface area (Å²) >= 11 is 1.51. The molecule has 1 amide bonds. The molecule has 3 aromatic rings. The third-order valence-electron chi connectivity index (χ3n) is 5.81. The van der Waals surface area contributed by atoms with E-state index < -0.39 is 0 Å². The lowest BCUT2D eigenvalue weighted by atomic mass is 9.99. The summed E-state index contributed by atoms with van der Waals surface area (Å²) in [5.74, 6) is 1.35. The van der Waals surface area contributed by atoms with E-state index in [2.05, 4.69) is 47.2 Å². The molecule has 5 nitrogen and oxygen atoms in total. The molecule has 1 fully saturated rings. The first-order valence-electron chi connectivity index (χ1n) is 11.2. The van der Waals surface area contributed by atoms with Crippen LogP contribution in [0, 0.1) is 5.92 Å². The van der Waals surface area contributed by atoms with Gasteiger partial charge in [-0.25, -0.2) is 4.98 Å². The van der Waals surface area contributed by atoms with Crippen molar-refractivity contribution in [3.63, 3.8) is 0 Å². The molecule has 4 rings (SSSR count). The van der Waals surface area contributed by atoms with Crippen LogP contribution in [0.2, 0.25) is 0 Å². The van der Waals surface area contributed by atoms with E-state index in [-0.39, 0.29) is 12.5 Å². The van der Waals surface area contributed by atoms with Crippen LogP contribution < -0.4 is 10.1 Å². The molecule has 0 unspecified atom stereocenters. The number of piperidine rings is 1. The number of carbonyl (C=O) groups is 1. The summed E-state index contributed by atoms with van der Waals surface area (Å²) < 4.78 is 6.72. The molecule has 0 aliphatic carbocycles. The van der Waals surface area contributed by atoms with Gasteiger partial charge in [-0.3, -0.25) is 15.0 Å². The zero-order valence-corrected chi connectivity index (χ0v) is 19.2. The van der Waals surface area contributed by atoms with Crippen LogP contribution in [0.4, 0.5) is 5.13 Å². The molecule has 164 valence electrons.